The zero-order valence-electron chi connectivity index (χ0n) is 13.6. The molecule has 0 radical (unpaired) electrons. The van der Waals surface area contributed by atoms with E-state index in [9.17, 15) is 9.90 Å². The SMILES string of the molecule is COc1ccc(C)cc1NC(=O)CN1CCCC(C(C)O)C1. The summed E-state index contributed by atoms with van der Waals surface area (Å²) in [6, 6.07) is 5.72. The van der Waals surface area contributed by atoms with Gasteiger partial charge in [-0.25, -0.2) is 0 Å². The Balaban J connectivity index is 1.94. The molecule has 1 aromatic rings. The van der Waals surface area contributed by atoms with Crippen LogP contribution in [0.15, 0.2) is 18.2 Å². The molecule has 2 atom stereocenters. The summed E-state index contributed by atoms with van der Waals surface area (Å²) in [6.45, 7) is 5.83. The number of carbonyl (C=O) groups excluding carboxylic acids is 1. The van der Waals surface area contributed by atoms with Crippen molar-refractivity contribution in [2.24, 2.45) is 5.92 Å². The van der Waals surface area contributed by atoms with Crippen LogP contribution in [-0.2, 0) is 4.79 Å². The van der Waals surface area contributed by atoms with Gasteiger partial charge in [-0.1, -0.05) is 6.07 Å². The number of nitrogens with one attached hydrogen (secondary N) is 1. The largest absolute Gasteiger partial charge is 0.495 e. The van der Waals surface area contributed by atoms with E-state index >= 15 is 0 Å². The Morgan fingerprint density at radius 2 is 2.32 bits per heavy atom. The molecule has 0 bridgehead atoms. The van der Waals surface area contributed by atoms with E-state index in [0.717, 1.165) is 31.5 Å². The summed E-state index contributed by atoms with van der Waals surface area (Å²) in [5, 5.41) is 12.6. The predicted octanol–water partition coefficient (Wildman–Crippen LogP) is 2.03. The summed E-state index contributed by atoms with van der Waals surface area (Å²) in [7, 11) is 1.60. The summed E-state index contributed by atoms with van der Waals surface area (Å²) in [4.78, 5) is 14.4. The number of nitrogens with zero attached hydrogens (tertiary/aromatic N) is 1. The van der Waals surface area contributed by atoms with Crippen LogP contribution in [0.25, 0.3) is 0 Å². The van der Waals surface area contributed by atoms with Crippen LogP contribution in [0, 0.1) is 12.8 Å². The van der Waals surface area contributed by atoms with Crippen LogP contribution in [-0.4, -0.2) is 48.8 Å². The molecule has 2 N–H and O–H groups in total. The topological polar surface area (TPSA) is 61.8 Å². The van der Waals surface area contributed by atoms with Crippen molar-refractivity contribution < 1.29 is 14.6 Å². The monoisotopic (exact) mass is 306 g/mol. The van der Waals surface area contributed by atoms with Crippen molar-refractivity contribution in [2.75, 3.05) is 32.1 Å². The first-order chi connectivity index (χ1) is 10.5. The molecule has 1 aromatic carbocycles. The average Bonchev–Trinajstić information content (AvgIpc) is 2.47. The fourth-order valence-corrected chi connectivity index (χ4v) is 2.94. The van der Waals surface area contributed by atoms with E-state index in [0.29, 0.717) is 18.0 Å². The normalized spacial score (nSPS) is 20.5. The highest BCUT2D eigenvalue weighted by Crippen LogP contribution is 2.25. The predicted molar refractivity (Wildman–Crippen MR) is 87.2 cm³/mol. The quantitative estimate of drug-likeness (QED) is 0.874. The van der Waals surface area contributed by atoms with Crippen LogP contribution in [0.4, 0.5) is 5.69 Å². The third-order valence-electron chi connectivity index (χ3n) is 4.22. The number of piperidine rings is 1. The number of methoxy groups -OCH3 is 1. The molecule has 1 heterocycles. The van der Waals surface area contributed by atoms with Crippen molar-refractivity contribution in [1.82, 2.24) is 4.90 Å². The minimum absolute atomic E-state index is 0.0462. The zero-order chi connectivity index (χ0) is 16.1. The highest BCUT2D eigenvalue weighted by molar-refractivity contribution is 5.93. The van der Waals surface area contributed by atoms with Crippen LogP contribution in [0.3, 0.4) is 0 Å². The van der Waals surface area contributed by atoms with Gasteiger partial charge in [0.2, 0.25) is 5.91 Å². The molecule has 0 spiro atoms. The Morgan fingerprint density at radius 3 is 3.00 bits per heavy atom. The fourth-order valence-electron chi connectivity index (χ4n) is 2.94. The van der Waals surface area contributed by atoms with Gasteiger partial charge in [0.15, 0.2) is 0 Å². The third-order valence-corrected chi connectivity index (χ3v) is 4.22. The van der Waals surface area contributed by atoms with E-state index in [1.807, 2.05) is 32.0 Å². The lowest BCUT2D eigenvalue weighted by molar-refractivity contribution is -0.118. The van der Waals surface area contributed by atoms with Crippen LogP contribution in [0.1, 0.15) is 25.3 Å². The number of anilines is 1. The van der Waals surface area contributed by atoms with E-state index < -0.39 is 0 Å². The van der Waals surface area contributed by atoms with Gasteiger partial charge in [0, 0.05) is 6.54 Å². The number of ether oxygens (including phenoxy) is 1. The van der Waals surface area contributed by atoms with Crippen molar-refractivity contribution in [1.29, 1.82) is 0 Å². The summed E-state index contributed by atoms with van der Waals surface area (Å²) < 4.78 is 5.28. The Morgan fingerprint density at radius 1 is 1.55 bits per heavy atom. The van der Waals surface area contributed by atoms with Gasteiger partial charge in [-0.2, -0.15) is 0 Å². The smallest absolute Gasteiger partial charge is 0.238 e. The maximum atomic E-state index is 12.3. The number of amides is 1. The third kappa shape index (κ3) is 4.45. The van der Waals surface area contributed by atoms with Gasteiger partial charge in [0.1, 0.15) is 5.75 Å². The zero-order valence-corrected chi connectivity index (χ0v) is 13.6. The Labute approximate surface area is 132 Å². The van der Waals surface area contributed by atoms with Crippen LogP contribution in [0.2, 0.25) is 0 Å². The summed E-state index contributed by atoms with van der Waals surface area (Å²) in [6.07, 6.45) is 1.74. The molecule has 1 amide bonds. The van der Waals surface area contributed by atoms with Gasteiger partial charge in [-0.15, -0.1) is 0 Å². The average molecular weight is 306 g/mol. The van der Waals surface area contributed by atoms with Gasteiger partial charge in [0.25, 0.3) is 0 Å². The lowest BCUT2D eigenvalue weighted by Gasteiger charge is -2.33. The first-order valence-corrected chi connectivity index (χ1v) is 7.84. The van der Waals surface area contributed by atoms with E-state index in [1.165, 1.54) is 0 Å². The lowest BCUT2D eigenvalue weighted by Crippen LogP contribution is -2.43. The minimum atomic E-state index is -0.317. The molecule has 2 rings (SSSR count). The fraction of sp³-hybridized carbons (Fsp3) is 0.588. The highest BCUT2D eigenvalue weighted by Gasteiger charge is 2.24. The number of aliphatic hydroxyl groups is 1. The standard InChI is InChI=1S/C17H26N2O3/c1-12-6-7-16(22-3)15(9-12)18-17(21)11-19-8-4-5-14(10-19)13(2)20/h6-7,9,13-14,20H,4-5,8,10-11H2,1-3H3,(H,18,21). The maximum absolute atomic E-state index is 12.3. The second-order valence-electron chi connectivity index (χ2n) is 6.13. The van der Waals surface area contributed by atoms with Crippen LogP contribution in [0.5, 0.6) is 5.75 Å². The molecular weight excluding hydrogens is 280 g/mol. The molecule has 0 aliphatic carbocycles. The summed E-state index contributed by atoms with van der Waals surface area (Å²) in [5.74, 6) is 0.879. The molecule has 5 nitrogen and oxygen atoms in total. The first kappa shape index (κ1) is 16.8. The van der Waals surface area contributed by atoms with Crippen LogP contribution >= 0.6 is 0 Å². The summed E-state index contributed by atoms with van der Waals surface area (Å²) >= 11 is 0. The van der Waals surface area contributed by atoms with E-state index in [4.69, 9.17) is 4.74 Å². The molecule has 1 fully saturated rings. The Kier molecular flexibility index (Phi) is 5.80. The van der Waals surface area contributed by atoms with Gasteiger partial charge >= 0.3 is 0 Å². The van der Waals surface area contributed by atoms with E-state index in [1.54, 1.807) is 7.11 Å². The molecule has 5 heteroatoms. The van der Waals surface area contributed by atoms with Gasteiger partial charge in [-0.3, -0.25) is 9.69 Å². The number of rotatable bonds is 5. The number of carbonyl (C=O) groups is 1. The molecular formula is C17H26N2O3. The molecule has 1 aliphatic heterocycles. The van der Waals surface area contributed by atoms with Gasteiger partial charge in [0.05, 0.1) is 25.4 Å². The maximum Gasteiger partial charge on any atom is 0.238 e. The molecule has 0 saturated carbocycles. The van der Waals surface area contributed by atoms with Crippen molar-refractivity contribution in [3.05, 3.63) is 23.8 Å². The highest BCUT2D eigenvalue weighted by atomic mass is 16.5. The Hall–Kier alpha value is -1.59. The number of aliphatic hydroxyl groups excluding tert-OH is 1. The van der Waals surface area contributed by atoms with Gasteiger partial charge in [-0.05, 0) is 56.8 Å². The lowest BCUT2D eigenvalue weighted by atomic mass is 9.93. The van der Waals surface area contributed by atoms with E-state index in [2.05, 4.69) is 10.2 Å². The molecule has 2 unspecified atom stereocenters. The molecule has 22 heavy (non-hydrogen) atoms. The number of hydrogen-bond acceptors (Lipinski definition) is 4. The number of likely N-dealkylation sites (tertiary alicyclic amines) is 1. The number of aryl methyl sites for hydroxylation is 1. The van der Waals surface area contributed by atoms with Crippen molar-refractivity contribution >= 4 is 11.6 Å². The first-order valence-electron chi connectivity index (χ1n) is 7.84. The number of hydrogen-bond donors (Lipinski definition) is 2. The van der Waals surface area contributed by atoms with E-state index in [-0.39, 0.29) is 17.9 Å². The minimum Gasteiger partial charge on any atom is -0.495 e. The molecule has 0 aromatic heterocycles. The second kappa shape index (κ2) is 7.61. The molecule has 1 aliphatic rings. The van der Waals surface area contributed by atoms with Crippen LogP contribution < -0.4 is 10.1 Å². The van der Waals surface area contributed by atoms with Gasteiger partial charge < -0.3 is 15.2 Å². The van der Waals surface area contributed by atoms with Crippen molar-refractivity contribution in [3.8, 4) is 5.75 Å². The Bertz CT molecular complexity index is 517. The molecule has 1 saturated heterocycles. The number of benzene rings is 1. The van der Waals surface area contributed by atoms with Crippen molar-refractivity contribution in [3.63, 3.8) is 0 Å². The molecule has 122 valence electrons. The summed E-state index contributed by atoms with van der Waals surface area (Å²) in [5.41, 5.74) is 1.78. The van der Waals surface area contributed by atoms with Crippen molar-refractivity contribution in [2.45, 2.75) is 32.8 Å². The second-order valence-corrected chi connectivity index (χ2v) is 6.13.